The summed E-state index contributed by atoms with van der Waals surface area (Å²) in [6.07, 6.45) is 2.90. The molecule has 4 aromatic rings. The number of hydrogen-bond donors (Lipinski definition) is 1. The van der Waals surface area contributed by atoms with Crippen LogP contribution in [0.3, 0.4) is 0 Å². The standard InChI is InChI=1S/C18H13ClN6O2/c1-24-18(27)13-5-3-2-4-12(13)16(23-24)17(26)22-14-8-11(19)6-7-15(14)25-10-20-9-21-25/h2-10H,1H3,(H,22,26). The van der Waals surface area contributed by atoms with Crippen LogP contribution in [0.4, 0.5) is 5.69 Å². The first kappa shape index (κ1) is 16.9. The number of rotatable bonds is 3. The number of carbonyl (C=O) groups excluding carboxylic acids is 1. The normalized spacial score (nSPS) is 10.9. The second-order valence-electron chi connectivity index (χ2n) is 5.78. The van der Waals surface area contributed by atoms with Crippen LogP contribution in [0.5, 0.6) is 0 Å². The Hall–Kier alpha value is -3.52. The summed E-state index contributed by atoms with van der Waals surface area (Å²) in [5.41, 5.74) is 0.905. The molecule has 0 bridgehead atoms. The van der Waals surface area contributed by atoms with E-state index in [0.717, 1.165) is 4.68 Å². The third-order valence-corrected chi connectivity index (χ3v) is 4.28. The molecule has 1 amide bonds. The fourth-order valence-electron chi connectivity index (χ4n) is 2.79. The van der Waals surface area contributed by atoms with Gasteiger partial charge in [-0.1, -0.05) is 29.8 Å². The lowest BCUT2D eigenvalue weighted by atomic mass is 10.1. The molecule has 0 radical (unpaired) electrons. The zero-order valence-corrected chi connectivity index (χ0v) is 14.9. The van der Waals surface area contributed by atoms with Gasteiger partial charge in [0.15, 0.2) is 5.69 Å². The Kier molecular flexibility index (Phi) is 4.17. The van der Waals surface area contributed by atoms with E-state index >= 15 is 0 Å². The van der Waals surface area contributed by atoms with Crippen molar-refractivity contribution in [3.63, 3.8) is 0 Å². The number of aromatic nitrogens is 5. The summed E-state index contributed by atoms with van der Waals surface area (Å²) in [6.45, 7) is 0. The number of fused-ring (bicyclic) bond motifs is 1. The van der Waals surface area contributed by atoms with Crippen LogP contribution in [0.25, 0.3) is 16.5 Å². The number of aryl methyl sites for hydroxylation is 1. The zero-order valence-electron chi connectivity index (χ0n) is 14.1. The minimum atomic E-state index is -0.467. The summed E-state index contributed by atoms with van der Waals surface area (Å²) >= 11 is 6.09. The molecule has 8 nitrogen and oxygen atoms in total. The number of benzene rings is 2. The number of halogens is 1. The smallest absolute Gasteiger partial charge is 0.276 e. The van der Waals surface area contributed by atoms with Gasteiger partial charge < -0.3 is 5.32 Å². The molecule has 0 fully saturated rings. The molecule has 27 heavy (non-hydrogen) atoms. The predicted molar refractivity (Wildman–Crippen MR) is 101 cm³/mol. The maximum absolute atomic E-state index is 12.9. The van der Waals surface area contributed by atoms with Crippen molar-refractivity contribution in [2.75, 3.05) is 5.32 Å². The molecular formula is C18H13ClN6O2. The van der Waals surface area contributed by atoms with Crippen molar-refractivity contribution in [2.45, 2.75) is 0 Å². The quantitative estimate of drug-likeness (QED) is 0.589. The summed E-state index contributed by atoms with van der Waals surface area (Å²) in [5, 5.41) is 12.4. The number of hydrogen-bond acceptors (Lipinski definition) is 5. The predicted octanol–water partition coefficient (Wildman–Crippen LogP) is 2.42. The number of carbonyl (C=O) groups is 1. The van der Waals surface area contributed by atoms with E-state index in [9.17, 15) is 9.59 Å². The lowest BCUT2D eigenvalue weighted by Gasteiger charge is -2.12. The van der Waals surface area contributed by atoms with Crippen LogP contribution < -0.4 is 10.9 Å². The second kappa shape index (κ2) is 6.65. The van der Waals surface area contributed by atoms with Crippen LogP contribution in [0.15, 0.2) is 59.9 Å². The van der Waals surface area contributed by atoms with Crippen LogP contribution in [0.2, 0.25) is 5.02 Å². The highest BCUT2D eigenvalue weighted by molar-refractivity contribution is 6.31. The molecule has 4 rings (SSSR count). The van der Waals surface area contributed by atoms with Gasteiger partial charge in [0, 0.05) is 17.5 Å². The van der Waals surface area contributed by atoms with E-state index in [2.05, 4.69) is 20.5 Å². The van der Waals surface area contributed by atoms with E-state index in [1.165, 1.54) is 24.4 Å². The first-order chi connectivity index (χ1) is 13.0. The molecule has 0 aliphatic rings. The highest BCUT2D eigenvalue weighted by atomic mass is 35.5. The summed E-state index contributed by atoms with van der Waals surface area (Å²) in [4.78, 5) is 29.1. The van der Waals surface area contributed by atoms with E-state index < -0.39 is 5.91 Å². The van der Waals surface area contributed by atoms with E-state index in [0.29, 0.717) is 27.2 Å². The van der Waals surface area contributed by atoms with Crippen molar-refractivity contribution in [2.24, 2.45) is 7.05 Å². The summed E-state index contributed by atoms with van der Waals surface area (Å²) in [5.74, 6) is -0.467. The van der Waals surface area contributed by atoms with Gasteiger partial charge in [0.25, 0.3) is 11.5 Å². The van der Waals surface area contributed by atoms with Crippen molar-refractivity contribution in [1.29, 1.82) is 0 Å². The van der Waals surface area contributed by atoms with E-state index in [-0.39, 0.29) is 11.3 Å². The Morgan fingerprint density at radius 1 is 1.15 bits per heavy atom. The number of amides is 1. The molecule has 1 N–H and O–H groups in total. The molecule has 134 valence electrons. The maximum atomic E-state index is 12.9. The van der Waals surface area contributed by atoms with Gasteiger partial charge in [-0.25, -0.2) is 14.3 Å². The Morgan fingerprint density at radius 3 is 2.67 bits per heavy atom. The van der Waals surface area contributed by atoms with Gasteiger partial charge in [-0.15, -0.1) is 0 Å². The molecule has 2 heterocycles. The van der Waals surface area contributed by atoms with Crippen molar-refractivity contribution in [3.8, 4) is 5.69 Å². The minimum Gasteiger partial charge on any atom is -0.319 e. The molecule has 0 saturated carbocycles. The van der Waals surface area contributed by atoms with Gasteiger partial charge in [-0.2, -0.15) is 10.2 Å². The number of nitrogens with zero attached hydrogens (tertiary/aromatic N) is 5. The Labute approximate surface area is 158 Å². The van der Waals surface area contributed by atoms with Crippen LogP contribution in [-0.2, 0) is 7.05 Å². The SMILES string of the molecule is Cn1nc(C(=O)Nc2cc(Cl)ccc2-n2cncn2)c2ccccc2c1=O. The van der Waals surface area contributed by atoms with Crippen molar-refractivity contribution < 1.29 is 4.79 Å². The van der Waals surface area contributed by atoms with Crippen LogP contribution in [0.1, 0.15) is 10.5 Å². The van der Waals surface area contributed by atoms with Gasteiger partial charge in [-0.3, -0.25) is 9.59 Å². The summed E-state index contributed by atoms with van der Waals surface area (Å²) < 4.78 is 2.66. The van der Waals surface area contributed by atoms with Gasteiger partial charge >= 0.3 is 0 Å². The van der Waals surface area contributed by atoms with Crippen LogP contribution in [-0.4, -0.2) is 30.5 Å². The fourth-order valence-corrected chi connectivity index (χ4v) is 2.96. The molecule has 2 aromatic heterocycles. The second-order valence-corrected chi connectivity index (χ2v) is 6.22. The molecule has 0 aliphatic heterocycles. The van der Waals surface area contributed by atoms with E-state index in [1.54, 1.807) is 42.5 Å². The molecular weight excluding hydrogens is 368 g/mol. The molecule has 0 spiro atoms. The van der Waals surface area contributed by atoms with E-state index in [4.69, 9.17) is 11.6 Å². The van der Waals surface area contributed by atoms with E-state index in [1.807, 2.05) is 0 Å². The number of anilines is 1. The van der Waals surface area contributed by atoms with Gasteiger partial charge in [0.05, 0.1) is 16.8 Å². The fraction of sp³-hybridized carbons (Fsp3) is 0.0556. The molecule has 0 aliphatic carbocycles. The third-order valence-electron chi connectivity index (χ3n) is 4.04. The first-order valence-corrected chi connectivity index (χ1v) is 8.34. The summed E-state index contributed by atoms with van der Waals surface area (Å²) in [6, 6.07) is 11.9. The van der Waals surface area contributed by atoms with Gasteiger partial charge in [-0.05, 0) is 24.3 Å². The lowest BCUT2D eigenvalue weighted by Crippen LogP contribution is -2.25. The van der Waals surface area contributed by atoms with Crippen LogP contribution in [0, 0.1) is 0 Å². The highest BCUT2D eigenvalue weighted by Crippen LogP contribution is 2.25. The molecule has 0 saturated heterocycles. The maximum Gasteiger partial charge on any atom is 0.276 e. The summed E-state index contributed by atoms with van der Waals surface area (Å²) in [7, 11) is 1.51. The molecule has 2 aromatic carbocycles. The Balaban J connectivity index is 1.81. The topological polar surface area (TPSA) is 94.7 Å². The first-order valence-electron chi connectivity index (χ1n) is 7.96. The monoisotopic (exact) mass is 380 g/mol. The van der Waals surface area contributed by atoms with Gasteiger partial charge in [0.1, 0.15) is 12.7 Å². The molecule has 0 unspecified atom stereocenters. The number of nitrogens with one attached hydrogen (secondary N) is 1. The third kappa shape index (κ3) is 3.06. The Morgan fingerprint density at radius 2 is 1.93 bits per heavy atom. The average Bonchev–Trinajstić information content (AvgIpc) is 3.19. The lowest BCUT2D eigenvalue weighted by molar-refractivity contribution is 0.102. The van der Waals surface area contributed by atoms with Gasteiger partial charge in [0.2, 0.25) is 0 Å². The average molecular weight is 381 g/mol. The van der Waals surface area contributed by atoms with Crippen molar-refractivity contribution >= 4 is 34.0 Å². The van der Waals surface area contributed by atoms with Crippen molar-refractivity contribution in [3.05, 3.63) is 76.2 Å². The highest BCUT2D eigenvalue weighted by Gasteiger charge is 2.17. The van der Waals surface area contributed by atoms with Crippen LogP contribution >= 0.6 is 11.6 Å². The molecule has 0 atom stereocenters. The zero-order chi connectivity index (χ0) is 19.0. The van der Waals surface area contributed by atoms with Crippen molar-refractivity contribution in [1.82, 2.24) is 24.5 Å². The minimum absolute atomic E-state index is 0.136. The molecule has 9 heteroatoms. The largest absolute Gasteiger partial charge is 0.319 e. The Bertz CT molecular complexity index is 1220.